The maximum atomic E-state index is 12.7. The Balaban J connectivity index is 2.90. The maximum absolute atomic E-state index is 12.7. The molecule has 1 aromatic heterocycles. The van der Waals surface area contributed by atoms with Crippen LogP contribution in [0, 0.1) is 6.92 Å². The number of nitrogens with zero attached hydrogens (tertiary/aromatic N) is 1. The number of hydrogen-bond donors (Lipinski definition) is 1. The zero-order valence-corrected chi connectivity index (χ0v) is 8.10. The number of halogens is 1. The highest BCUT2D eigenvalue weighted by Gasteiger charge is 2.19. The molecule has 1 aromatic carbocycles. The van der Waals surface area contributed by atoms with E-state index in [1.807, 2.05) is 0 Å². The quantitative estimate of drug-likeness (QED) is 0.732. The first-order chi connectivity index (χ1) is 6.50. The van der Waals surface area contributed by atoms with Crippen LogP contribution in [0.5, 0.6) is 0 Å². The lowest BCUT2D eigenvalue weighted by Gasteiger charge is -1.93. The molecule has 0 saturated heterocycles. The second-order valence-electron chi connectivity index (χ2n) is 2.96. The average molecular weight is 214 g/mol. The number of para-hydroxylation sites is 1. The predicted molar refractivity (Wildman–Crippen MR) is 49.1 cm³/mol. The Hall–Kier alpha value is -1.43. The van der Waals surface area contributed by atoms with Crippen LogP contribution in [0.2, 0.25) is 0 Å². The van der Waals surface area contributed by atoms with Gasteiger partial charge in [0.05, 0.1) is 5.52 Å². The van der Waals surface area contributed by atoms with Gasteiger partial charge >= 0.3 is 10.2 Å². The van der Waals surface area contributed by atoms with Crippen molar-refractivity contribution in [2.24, 2.45) is 0 Å². The molecule has 0 atom stereocenters. The highest BCUT2D eigenvalue weighted by atomic mass is 32.3. The van der Waals surface area contributed by atoms with Gasteiger partial charge in [-0.25, -0.2) is 0 Å². The minimum atomic E-state index is -4.72. The van der Waals surface area contributed by atoms with Crippen LogP contribution in [0.1, 0.15) is 5.56 Å². The van der Waals surface area contributed by atoms with Crippen molar-refractivity contribution in [3.63, 3.8) is 0 Å². The second kappa shape index (κ2) is 2.78. The summed E-state index contributed by atoms with van der Waals surface area (Å²) in [6.07, 6.45) is 0. The molecule has 2 aromatic rings. The molecule has 0 radical (unpaired) electrons. The zero-order chi connectivity index (χ0) is 10.3. The number of hydrogen-bond acceptors (Lipinski definition) is 3. The van der Waals surface area contributed by atoms with E-state index in [1.165, 1.54) is 6.07 Å². The van der Waals surface area contributed by atoms with E-state index in [2.05, 4.69) is 10.2 Å². The molecule has 0 amide bonds. The van der Waals surface area contributed by atoms with E-state index >= 15 is 0 Å². The highest BCUT2D eigenvalue weighted by Crippen LogP contribution is 2.23. The summed E-state index contributed by atoms with van der Waals surface area (Å²) < 4.78 is 34.1. The minimum absolute atomic E-state index is 0.285. The predicted octanol–water partition coefficient (Wildman–Crippen LogP) is 1.53. The van der Waals surface area contributed by atoms with E-state index in [0.717, 1.165) is 5.56 Å². The molecule has 0 fully saturated rings. The third-order valence-corrected chi connectivity index (χ3v) is 2.79. The lowest BCUT2D eigenvalue weighted by Crippen LogP contribution is -1.92. The van der Waals surface area contributed by atoms with Crippen molar-refractivity contribution in [2.75, 3.05) is 0 Å². The minimum Gasteiger partial charge on any atom is -0.264 e. The Morgan fingerprint density at radius 3 is 2.79 bits per heavy atom. The molecule has 74 valence electrons. The maximum Gasteiger partial charge on any atom is 0.349 e. The van der Waals surface area contributed by atoms with E-state index in [0.29, 0.717) is 5.52 Å². The Bertz CT molecular complexity index is 588. The van der Waals surface area contributed by atoms with Gasteiger partial charge in [-0.3, -0.25) is 5.10 Å². The van der Waals surface area contributed by atoms with Crippen molar-refractivity contribution in [2.45, 2.75) is 11.9 Å². The summed E-state index contributed by atoms with van der Waals surface area (Å²) in [7, 11) is -4.72. The smallest absolute Gasteiger partial charge is 0.264 e. The van der Waals surface area contributed by atoms with Crippen LogP contribution in [-0.4, -0.2) is 18.6 Å². The van der Waals surface area contributed by atoms with E-state index in [1.54, 1.807) is 19.1 Å². The van der Waals surface area contributed by atoms with Crippen molar-refractivity contribution < 1.29 is 12.3 Å². The molecular weight excluding hydrogens is 207 g/mol. The van der Waals surface area contributed by atoms with Crippen LogP contribution in [0.4, 0.5) is 3.89 Å². The lowest BCUT2D eigenvalue weighted by molar-refractivity contribution is 0.548. The van der Waals surface area contributed by atoms with Gasteiger partial charge in [-0.05, 0) is 18.6 Å². The first-order valence-electron chi connectivity index (χ1n) is 3.88. The summed E-state index contributed by atoms with van der Waals surface area (Å²) in [5, 5.41) is 5.73. The number of benzene rings is 1. The molecule has 6 heteroatoms. The summed E-state index contributed by atoms with van der Waals surface area (Å²) >= 11 is 0. The monoisotopic (exact) mass is 214 g/mol. The Morgan fingerprint density at radius 1 is 1.43 bits per heavy atom. The summed E-state index contributed by atoms with van der Waals surface area (Å²) in [6, 6.07) is 4.94. The summed E-state index contributed by atoms with van der Waals surface area (Å²) in [4.78, 5) is 0. The Kier molecular flexibility index (Phi) is 1.81. The van der Waals surface area contributed by atoms with Crippen molar-refractivity contribution in [1.29, 1.82) is 0 Å². The Labute approximate surface area is 80.0 Å². The second-order valence-corrected chi connectivity index (χ2v) is 4.25. The molecule has 1 heterocycles. The van der Waals surface area contributed by atoms with Gasteiger partial charge in [-0.15, -0.1) is 0 Å². The van der Waals surface area contributed by atoms with Crippen molar-refractivity contribution in [3.8, 4) is 0 Å². The topological polar surface area (TPSA) is 62.8 Å². The van der Waals surface area contributed by atoms with Gasteiger partial charge in [-0.2, -0.15) is 13.5 Å². The molecule has 0 aliphatic rings. The van der Waals surface area contributed by atoms with Crippen LogP contribution in [0.3, 0.4) is 0 Å². The number of aryl methyl sites for hydroxylation is 1. The number of aromatic amines is 1. The average Bonchev–Trinajstić information content (AvgIpc) is 2.47. The van der Waals surface area contributed by atoms with E-state index in [9.17, 15) is 12.3 Å². The third-order valence-electron chi connectivity index (χ3n) is 2.00. The normalized spacial score (nSPS) is 12.1. The number of rotatable bonds is 1. The molecule has 0 aliphatic carbocycles. The lowest BCUT2D eigenvalue weighted by atomic mass is 10.2. The summed E-state index contributed by atoms with van der Waals surface area (Å²) in [5.74, 6) is 0. The fourth-order valence-corrected chi connectivity index (χ4v) is 1.93. The molecular formula is C8H7FN2O2S. The van der Waals surface area contributed by atoms with Gasteiger partial charge in [0, 0.05) is 5.39 Å². The summed E-state index contributed by atoms with van der Waals surface area (Å²) in [6.45, 7) is 1.78. The van der Waals surface area contributed by atoms with Gasteiger partial charge in [-0.1, -0.05) is 16.0 Å². The standard InChI is InChI=1S/C8H7FN2O2S/c1-5-3-2-4-6-7(5)10-11-8(6)14(9,12)13/h2-4H,1H3,(H,10,11). The van der Waals surface area contributed by atoms with Crippen molar-refractivity contribution >= 4 is 21.1 Å². The molecule has 2 rings (SSSR count). The highest BCUT2D eigenvalue weighted by molar-refractivity contribution is 7.86. The molecule has 0 saturated carbocycles. The Morgan fingerprint density at radius 2 is 2.14 bits per heavy atom. The molecule has 0 unspecified atom stereocenters. The van der Waals surface area contributed by atoms with Crippen LogP contribution < -0.4 is 0 Å². The van der Waals surface area contributed by atoms with Gasteiger partial charge in [0.1, 0.15) is 0 Å². The molecule has 0 spiro atoms. The van der Waals surface area contributed by atoms with Crippen LogP contribution in [-0.2, 0) is 10.2 Å². The molecule has 14 heavy (non-hydrogen) atoms. The van der Waals surface area contributed by atoms with E-state index in [-0.39, 0.29) is 5.39 Å². The zero-order valence-electron chi connectivity index (χ0n) is 7.28. The fourth-order valence-electron chi connectivity index (χ4n) is 1.34. The number of fused-ring (bicyclic) bond motifs is 1. The van der Waals surface area contributed by atoms with Crippen LogP contribution in [0.25, 0.3) is 10.9 Å². The van der Waals surface area contributed by atoms with Crippen LogP contribution >= 0.6 is 0 Å². The van der Waals surface area contributed by atoms with Gasteiger partial charge in [0.25, 0.3) is 0 Å². The van der Waals surface area contributed by atoms with E-state index in [4.69, 9.17) is 0 Å². The van der Waals surface area contributed by atoms with Gasteiger partial charge in [0.2, 0.25) is 0 Å². The number of H-pyrrole nitrogens is 1. The largest absolute Gasteiger partial charge is 0.349 e. The third kappa shape index (κ3) is 1.27. The summed E-state index contributed by atoms with van der Waals surface area (Å²) in [5.41, 5.74) is 1.28. The molecule has 0 bridgehead atoms. The van der Waals surface area contributed by atoms with E-state index < -0.39 is 15.2 Å². The van der Waals surface area contributed by atoms with Crippen LogP contribution in [0.15, 0.2) is 23.2 Å². The molecule has 4 nitrogen and oxygen atoms in total. The van der Waals surface area contributed by atoms with Crippen molar-refractivity contribution in [3.05, 3.63) is 23.8 Å². The SMILES string of the molecule is Cc1cccc2c(S(=O)(=O)F)[nH]nc12. The van der Waals surface area contributed by atoms with Gasteiger partial charge < -0.3 is 0 Å². The fraction of sp³-hybridized carbons (Fsp3) is 0.125. The molecule has 1 N–H and O–H groups in total. The number of aromatic nitrogens is 2. The number of nitrogens with one attached hydrogen (secondary N) is 1. The van der Waals surface area contributed by atoms with Crippen molar-refractivity contribution in [1.82, 2.24) is 10.2 Å². The first kappa shape index (κ1) is 9.14. The van der Waals surface area contributed by atoms with Gasteiger partial charge in [0.15, 0.2) is 5.03 Å². The molecule has 0 aliphatic heterocycles. The first-order valence-corrected chi connectivity index (χ1v) is 5.27.